The molecule has 0 bridgehead atoms. The fourth-order valence-electron chi connectivity index (χ4n) is 5.35. The molecule has 2 aromatic carbocycles. The number of amides is 1. The quantitative estimate of drug-likeness (QED) is 0.480. The smallest absolute Gasteiger partial charge is 0.262 e. The second-order valence-corrected chi connectivity index (χ2v) is 10.3. The van der Waals surface area contributed by atoms with Crippen LogP contribution < -0.4 is 14.8 Å². The van der Waals surface area contributed by atoms with Crippen LogP contribution in [0, 0.1) is 13.8 Å². The number of Topliss-reactive ketones (excluding diaryl/α,β-unsaturated/α-hetero) is 2. The van der Waals surface area contributed by atoms with Crippen LogP contribution >= 0.6 is 11.6 Å². The van der Waals surface area contributed by atoms with E-state index in [4.69, 9.17) is 25.8 Å². The van der Waals surface area contributed by atoms with E-state index in [2.05, 4.69) is 5.32 Å². The number of nitrogens with one attached hydrogen (secondary N) is 1. The molecule has 7 nitrogen and oxygen atoms in total. The largest absolute Gasteiger partial charge is 0.493 e. The van der Waals surface area contributed by atoms with Gasteiger partial charge in [-0.1, -0.05) is 17.7 Å². The summed E-state index contributed by atoms with van der Waals surface area (Å²) in [5, 5.41) is 3.05. The first-order valence-corrected chi connectivity index (χ1v) is 13.2. The van der Waals surface area contributed by atoms with Crippen LogP contribution in [-0.2, 0) is 19.1 Å². The number of aryl methyl sites for hydroxylation is 2. The maximum atomic E-state index is 13.1. The molecular weight excluding hydrogens is 506 g/mol. The van der Waals surface area contributed by atoms with E-state index in [1.54, 1.807) is 12.1 Å². The second-order valence-electron chi connectivity index (χ2n) is 9.93. The van der Waals surface area contributed by atoms with Gasteiger partial charge in [0, 0.05) is 48.4 Å². The number of ketones is 2. The Balaban J connectivity index is 1.44. The van der Waals surface area contributed by atoms with Crippen molar-refractivity contribution in [3.05, 3.63) is 74.7 Å². The first-order chi connectivity index (χ1) is 18.3. The molecule has 5 rings (SSSR count). The summed E-state index contributed by atoms with van der Waals surface area (Å²) in [6.07, 6.45) is 3.59. The van der Waals surface area contributed by atoms with Gasteiger partial charge in [-0.2, -0.15) is 0 Å². The number of carbonyl (C=O) groups excluding carboxylic acids is 3. The van der Waals surface area contributed by atoms with Gasteiger partial charge in [0.1, 0.15) is 11.5 Å². The van der Waals surface area contributed by atoms with Crippen LogP contribution in [0.2, 0.25) is 5.02 Å². The third-order valence-electron chi connectivity index (χ3n) is 7.36. The molecule has 0 unspecified atom stereocenters. The zero-order valence-corrected chi connectivity index (χ0v) is 22.5. The van der Waals surface area contributed by atoms with Gasteiger partial charge in [0.2, 0.25) is 0 Å². The molecule has 0 saturated heterocycles. The lowest BCUT2D eigenvalue weighted by Crippen LogP contribution is -2.30. The Morgan fingerprint density at radius 1 is 0.974 bits per heavy atom. The van der Waals surface area contributed by atoms with Gasteiger partial charge in [0.05, 0.1) is 12.1 Å². The first-order valence-electron chi connectivity index (χ1n) is 12.8. The fraction of sp³-hybridized carbons (Fsp3) is 0.367. The number of benzene rings is 2. The van der Waals surface area contributed by atoms with Crippen molar-refractivity contribution in [1.29, 1.82) is 0 Å². The van der Waals surface area contributed by atoms with E-state index in [-0.39, 0.29) is 34.9 Å². The molecule has 0 radical (unpaired) electrons. The molecule has 38 heavy (non-hydrogen) atoms. The van der Waals surface area contributed by atoms with Gasteiger partial charge < -0.3 is 19.5 Å². The highest BCUT2D eigenvalue weighted by molar-refractivity contribution is 6.32. The van der Waals surface area contributed by atoms with E-state index in [1.807, 2.05) is 32.0 Å². The van der Waals surface area contributed by atoms with Gasteiger partial charge in [-0.15, -0.1) is 0 Å². The Bertz CT molecular complexity index is 1360. The lowest BCUT2D eigenvalue weighted by atomic mass is 9.73. The molecule has 8 heteroatoms. The summed E-state index contributed by atoms with van der Waals surface area (Å²) in [6, 6.07) is 9.10. The Morgan fingerprint density at radius 2 is 1.63 bits per heavy atom. The zero-order chi connectivity index (χ0) is 27.0. The number of carbonyl (C=O) groups is 3. The van der Waals surface area contributed by atoms with Crippen molar-refractivity contribution in [2.75, 3.05) is 19.0 Å². The predicted octanol–water partition coefficient (Wildman–Crippen LogP) is 6.11. The number of hydrogen-bond donors (Lipinski definition) is 1. The molecule has 1 heterocycles. The minimum absolute atomic E-state index is 0.0143. The van der Waals surface area contributed by atoms with Crippen molar-refractivity contribution < 1.29 is 28.6 Å². The van der Waals surface area contributed by atoms with E-state index in [0.29, 0.717) is 65.3 Å². The van der Waals surface area contributed by atoms with Crippen LogP contribution in [0.4, 0.5) is 5.69 Å². The Labute approximate surface area is 226 Å². The van der Waals surface area contributed by atoms with Crippen LogP contribution in [0.15, 0.2) is 53.0 Å². The third-order valence-corrected chi connectivity index (χ3v) is 7.64. The van der Waals surface area contributed by atoms with Crippen molar-refractivity contribution in [2.24, 2.45) is 0 Å². The van der Waals surface area contributed by atoms with Crippen LogP contribution in [0.25, 0.3) is 0 Å². The summed E-state index contributed by atoms with van der Waals surface area (Å²) in [5.41, 5.74) is 4.61. The van der Waals surface area contributed by atoms with Crippen LogP contribution in [0.3, 0.4) is 0 Å². The molecule has 2 aliphatic carbocycles. The highest BCUT2D eigenvalue weighted by atomic mass is 35.5. The number of methoxy groups -OCH3 is 1. The van der Waals surface area contributed by atoms with Crippen molar-refractivity contribution in [3.63, 3.8) is 0 Å². The number of ether oxygens (including phenoxy) is 3. The molecule has 0 atom stereocenters. The van der Waals surface area contributed by atoms with Crippen LogP contribution in [0.1, 0.15) is 61.1 Å². The van der Waals surface area contributed by atoms with Crippen LogP contribution in [0.5, 0.6) is 11.5 Å². The fourth-order valence-corrected chi connectivity index (χ4v) is 5.63. The molecule has 0 aromatic heterocycles. The number of anilines is 1. The molecule has 2 aromatic rings. The Kier molecular flexibility index (Phi) is 7.30. The van der Waals surface area contributed by atoms with E-state index in [1.165, 1.54) is 7.11 Å². The molecule has 0 saturated carbocycles. The average molecular weight is 536 g/mol. The van der Waals surface area contributed by atoms with Gasteiger partial charge in [-0.25, -0.2) is 0 Å². The van der Waals surface area contributed by atoms with Crippen molar-refractivity contribution >= 4 is 34.8 Å². The van der Waals surface area contributed by atoms with Gasteiger partial charge in [-0.3, -0.25) is 14.4 Å². The second kappa shape index (κ2) is 10.7. The van der Waals surface area contributed by atoms with E-state index < -0.39 is 5.92 Å². The predicted molar refractivity (Wildman–Crippen MR) is 144 cm³/mol. The summed E-state index contributed by atoms with van der Waals surface area (Å²) in [7, 11) is 1.48. The van der Waals surface area contributed by atoms with Crippen molar-refractivity contribution in [2.45, 2.75) is 58.3 Å². The molecular formula is C30H30ClNO6. The van der Waals surface area contributed by atoms with Gasteiger partial charge >= 0.3 is 0 Å². The van der Waals surface area contributed by atoms with Gasteiger partial charge in [0.15, 0.2) is 29.7 Å². The summed E-state index contributed by atoms with van der Waals surface area (Å²) in [4.78, 5) is 38.7. The zero-order valence-electron chi connectivity index (χ0n) is 21.7. The van der Waals surface area contributed by atoms with Crippen molar-refractivity contribution in [3.8, 4) is 11.5 Å². The first kappa shape index (κ1) is 26.0. The lowest BCUT2D eigenvalue weighted by molar-refractivity contribution is -0.119. The molecule has 198 valence electrons. The topological polar surface area (TPSA) is 90.9 Å². The number of halogens is 1. The highest BCUT2D eigenvalue weighted by Crippen LogP contribution is 2.50. The molecule has 1 N–H and O–H groups in total. The standard InChI is InChI=1S/C30H30ClNO6/c1-16-10-11-19(12-17(16)2)32-26(35)15-37-30-20(31)13-18(14-25(30)36-3)27-28-21(33)6-4-8-23(28)38-24-9-5-7-22(34)29(24)27/h10-14,27H,4-9,15H2,1-3H3,(H,32,35). The summed E-state index contributed by atoms with van der Waals surface area (Å²) < 4.78 is 17.5. The number of hydrogen-bond acceptors (Lipinski definition) is 6. The number of allylic oxidation sites excluding steroid dienone is 4. The lowest BCUT2D eigenvalue weighted by Gasteiger charge is -2.36. The third kappa shape index (κ3) is 4.95. The minimum atomic E-state index is -0.567. The number of rotatable bonds is 6. The van der Waals surface area contributed by atoms with E-state index in [0.717, 1.165) is 24.0 Å². The molecule has 0 spiro atoms. The Morgan fingerprint density at radius 3 is 2.24 bits per heavy atom. The Hall–Kier alpha value is -3.58. The normalized spacial score (nSPS) is 17.6. The maximum Gasteiger partial charge on any atom is 0.262 e. The van der Waals surface area contributed by atoms with Gasteiger partial charge in [-0.05, 0) is 67.6 Å². The highest BCUT2D eigenvalue weighted by Gasteiger charge is 2.42. The van der Waals surface area contributed by atoms with Crippen molar-refractivity contribution in [1.82, 2.24) is 0 Å². The summed E-state index contributed by atoms with van der Waals surface area (Å²) in [5.74, 6) is 0.894. The average Bonchev–Trinajstić information content (AvgIpc) is 2.89. The maximum absolute atomic E-state index is 13.1. The van der Waals surface area contributed by atoms with Crippen LogP contribution in [-0.4, -0.2) is 31.2 Å². The van der Waals surface area contributed by atoms with E-state index in [9.17, 15) is 14.4 Å². The molecule has 1 amide bonds. The minimum Gasteiger partial charge on any atom is -0.493 e. The molecule has 0 fully saturated rings. The monoisotopic (exact) mass is 535 g/mol. The van der Waals surface area contributed by atoms with E-state index >= 15 is 0 Å². The summed E-state index contributed by atoms with van der Waals surface area (Å²) in [6.45, 7) is 3.71. The molecule has 3 aliphatic rings. The SMILES string of the molecule is COc1cc(C2C3=C(CCCC3=O)OC3=C2C(=O)CCC3)cc(Cl)c1OCC(=O)Nc1ccc(C)c(C)c1. The van der Waals surface area contributed by atoms with Gasteiger partial charge in [0.25, 0.3) is 5.91 Å². The summed E-state index contributed by atoms with van der Waals surface area (Å²) >= 11 is 6.67. The molecule has 1 aliphatic heterocycles.